The molecule has 0 aliphatic rings. The van der Waals surface area contributed by atoms with Gasteiger partial charge in [0.25, 0.3) is 0 Å². The first-order valence-electron chi connectivity index (χ1n) is 39.8. The molecule has 7 nitrogen and oxygen atoms in total. The van der Waals surface area contributed by atoms with Gasteiger partial charge in [-0.05, 0) is 129 Å². The average molecular weight is 2510 g/mol. The molecule has 0 saturated carbocycles. The monoisotopic (exact) mass is 2510 g/mol. The summed E-state index contributed by atoms with van der Waals surface area (Å²) in [5, 5.41) is 0. The molecule has 0 spiro atoms. The minimum absolute atomic E-state index is 0. The van der Waals surface area contributed by atoms with Crippen LogP contribution in [-0.2, 0) is 106 Å². The summed E-state index contributed by atoms with van der Waals surface area (Å²) in [5.74, 6) is 0. The summed E-state index contributed by atoms with van der Waals surface area (Å²) < 4.78 is 0. The summed E-state index contributed by atoms with van der Waals surface area (Å²) in [6, 6.07) is 159. The van der Waals surface area contributed by atoms with E-state index in [-0.39, 0.29) is 106 Å². The van der Waals surface area contributed by atoms with Crippen molar-refractivity contribution in [3.05, 3.63) is 503 Å². The van der Waals surface area contributed by atoms with Gasteiger partial charge in [-0.15, -0.1) is 243 Å². The number of aryl methyl sites for hydroxylation is 2. The summed E-state index contributed by atoms with van der Waals surface area (Å²) in [4.78, 5) is 30.6. The van der Waals surface area contributed by atoms with Crippen LogP contribution >= 0.6 is 0 Å². The average Bonchev–Trinajstić information content (AvgIpc) is 0.830. The Morgan fingerprint density at radius 3 is 0.848 bits per heavy atom. The number of aromatic nitrogens is 7. The van der Waals surface area contributed by atoms with Gasteiger partial charge in [0.15, 0.2) is 0 Å². The van der Waals surface area contributed by atoms with E-state index in [1.54, 1.807) is 24.8 Å². The maximum Gasteiger partial charge on any atom is 0.0266 e. The Kier molecular flexibility index (Phi) is 41.3. The molecule has 0 fully saturated rings. The fourth-order valence-electron chi connectivity index (χ4n) is 12.7. The molecule has 7 heterocycles. The first kappa shape index (κ1) is 98.4. The van der Waals surface area contributed by atoms with Gasteiger partial charge >= 0.3 is 0 Å². The molecule has 0 bridgehead atoms. The first-order valence-corrected chi connectivity index (χ1v) is 39.8. The Hall–Kier alpha value is -12.1. The van der Waals surface area contributed by atoms with Gasteiger partial charge in [0, 0.05) is 143 Å². The van der Waals surface area contributed by atoms with Gasteiger partial charge in [-0.25, -0.2) is 0 Å². The third-order valence-electron chi connectivity index (χ3n) is 19.0. The zero-order valence-corrected chi connectivity index (χ0v) is 81.4. The Labute approximate surface area is 805 Å². The minimum atomic E-state index is 0. The number of nitrogens with zero attached hydrogens (tertiary/aromatic N) is 7. The van der Waals surface area contributed by atoms with Crippen LogP contribution in [-0.4, -0.2) is 34.9 Å². The predicted octanol–water partition coefficient (Wildman–Crippen LogP) is 28.1. The van der Waals surface area contributed by atoms with Crippen molar-refractivity contribution in [2.75, 3.05) is 0 Å². The summed E-state index contributed by atoms with van der Waals surface area (Å²) in [5.41, 5.74) is 29.7. The van der Waals surface area contributed by atoms with Gasteiger partial charge in [-0.3, -0.25) is 0 Å². The van der Waals surface area contributed by atoms with Crippen LogP contribution in [0.15, 0.2) is 444 Å². The zero-order valence-electron chi connectivity index (χ0n) is 69.4. The summed E-state index contributed by atoms with van der Waals surface area (Å²) in [6.07, 6.45) is 10.9. The second-order valence-corrected chi connectivity index (χ2v) is 28.8. The van der Waals surface area contributed by atoms with E-state index < -0.39 is 0 Å². The molecule has 19 rings (SSSR count). The molecule has 19 aromatic rings. The SMILES string of the molecule is CC(C)(C)c1ccnc(-c2[c-]ccc(-c3ccccc3)c2)c1.Cc1cccc(-c2[c-]ccc(-c3ccccc3)c2)n1.Cc1cccc(-c2cc[c-]c(-c3ccccn3)c2)c1.[Ir].[Ir].[Ir].[Ir].[Ir].[c-]1cc(-c2ccccc2)ccc1-c1ccccn1.[c-]1ccc(-c2ccccc2)cc1-c1ccccn1.[c-]1ccccc1-c1ccccn1.[c-]1ccccc1-c1ccccn1. The van der Waals surface area contributed by atoms with E-state index in [1.807, 2.05) is 256 Å². The van der Waals surface area contributed by atoms with Crippen molar-refractivity contribution >= 4 is 0 Å². The molecule has 0 N–H and O–H groups in total. The number of pyridine rings is 7. The first-order chi connectivity index (χ1) is 59.0. The van der Waals surface area contributed by atoms with Crippen molar-refractivity contribution in [1.29, 1.82) is 0 Å². The Morgan fingerprint density at radius 1 is 0.200 bits per heavy atom. The van der Waals surface area contributed by atoms with E-state index in [0.29, 0.717) is 0 Å². The molecule has 7 aromatic heterocycles. The van der Waals surface area contributed by atoms with Crippen LogP contribution in [0.5, 0.6) is 0 Å². The van der Waals surface area contributed by atoms with Crippen LogP contribution in [0, 0.1) is 56.3 Å². The van der Waals surface area contributed by atoms with E-state index >= 15 is 0 Å². The molecule has 125 heavy (non-hydrogen) atoms. The maximum absolute atomic E-state index is 4.55. The standard InChI is InChI=1S/C21H20N.2C18H14N.2C17H12N.2C11H8N.5Ir/c1-21(2,3)19-12-13-22-20(15-19)18-11-7-10-17(14-18)16-8-5-4-6-9-16;1-14-6-4-7-15(12-14)16-8-5-9-17(13-16)18-10-2-3-11-19-18;1-14-7-5-12-18(19-14)17-11-6-10-16(13-17)15-8-3-2-4-9-15;1-2-7-14(8-3-1)15-9-6-10-16(13-15)17-11-4-5-12-18-17;1-2-6-14(7-3-1)15-9-11-16(12-10-15)17-8-4-5-13-18-17;2*1-2-6-10(7-3-1)11-8-4-5-9-12-11;;;;;/h4-10,12-15H,1-3H3;2-8,10-13H,1H3;2-10,12-13H,1H3;1-9,11-13H;1-11,13H;2*1-6,8-9H;;;;;/q7*-1;;;;;. The maximum atomic E-state index is 4.55. The Morgan fingerprint density at radius 2 is 0.504 bits per heavy atom. The van der Waals surface area contributed by atoms with Crippen LogP contribution in [0.2, 0.25) is 0 Å². The van der Waals surface area contributed by atoms with E-state index in [9.17, 15) is 0 Å². The molecule has 0 saturated heterocycles. The molecule has 0 aliphatic heterocycles. The number of hydrogen-bond donors (Lipinski definition) is 0. The molecule has 5 radical (unpaired) electrons. The second kappa shape index (κ2) is 52.5. The zero-order chi connectivity index (χ0) is 82.6. The largest absolute Gasteiger partial charge is 0.305 e. The van der Waals surface area contributed by atoms with Gasteiger partial charge in [0.1, 0.15) is 0 Å². The van der Waals surface area contributed by atoms with Gasteiger partial charge in [-0.2, -0.15) is 0 Å². The van der Waals surface area contributed by atoms with Gasteiger partial charge in [0.2, 0.25) is 0 Å². The van der Waals surface area contributed by atoms with Gasteiger partial charge in [0.05, 0.1) is 0 Å². The van der Waals surface area contributed by atoms with Crippen LogP contribution in [0.1, 0.15) is 37.6 Å². The molecular weight excluding hydrogens is 2420 g/mol. The van der Waals surface area contributed by atoms with Gasteiger partial charge in [-0.1, -0.05) is 262 Å². The molecule has 0 unspecified atom stereocenters. The summed E-state index contributed by atoms with van der Waals surface area (Å²) in [7, 11) is 0. The third kappa shape index (κ3) is 30.7. The topological polar surface area (TPSA) is 90.2 Å². The van der Waals surface area contributed by atoms with E-state index in [2.05, 4.69) is 275 Å². The molecule has 12 heteroatoms. The number of hydrogen-bond acceptors (Lipinski definition) is 7. The predicted molar refractivity (Wildman–Crippen MR) is 495 cm³/mol. The normalized spacial score (nSPS) is 9.96. The third-order valence-corrected chi connectivity index (χ3v) is 19.0. The van der Waals surface area contributed by atoms with Crippen molar-refractivity contribution < 1.29 is 101 Å². The van der Waals surface area contributed by atoms with Crippen LogP contribution in [0.25, 0.3) is 134 Å². The molecule has 0 amide bonds. The smallest absolute Gasteiger partial charge is 0.0266 e. The number of benzene rings is 12. The van der Waals surface area contributed by atoms with Crippen molar-refractivity contribution in [2.24, 2.45) is 0 Å². The van der Waals surface area contributed by atoms with E-state index in [1.165, 1.54) is 66.8 Å². The van der Waals surface area contributed by atoms with E-state index in [0.717, 1.165) is 84.5 Å². The molecule has 0 aliphatic carbocycles. The van der Waals surface area contributed by atoms with Crippen LogP contribution in [0.3, 0.4) is 0 Å². The summed E-state index contributed by atoms with van der Waals surface area (Å²) >= 11 is 0. The fraction of sp³-hybridized carbons (Fsp3) is 0.0531. The fourth-order valence-corrected chi connectivity index (χ4v) is 12.7. The van der Waals surface area contributed by atoms with Crippen LogP contribution in [0.4, 0.5) is 0 Å². The van der Waals surface area contributed by atoms with Crippen molar-refractivity contribution in [3.8, 4) is 134 Å². The van der Waals surface area contributed by atoms with Crippen molar-refractivity contribution in [1.82, 2.24) is 34.9 Å². The minimum Gasteiger partial charge on any atom is -0.305 e. The molecule has 12 aromatic carbocycles. The molecule has 627 valence electrons. The Balaban J connectivity index is 0.000000181. The second-order valence-electron chi connectivity index (χ2n) is 28.8. The van der Waals surface area contributed by atoms with E-state index in [4.69, 9.17) is 0 Å². The quantitative estimate of drug-likeness (QED) is 0.113. The Bertz CT molecular complexity index is 5850. The van der Waals surface area contributed by atoms with Crippen LogP contribution < -0.4 is 0 Å². The van der Waals surface area contributed by atoms with Crippen molar-refractivity contribution in [3.63, 3.8) is 0 Å². The van der Waals surface area contributed by atoms with Gasteiger partial charge < -0.3 is 34.9 Å². The number of rotatable bonds is 12. The summed E-state index contributed by atoms with van der Waals surface area (Å²) in [6.45, 7) is 10.8. The molecule has 0 atom stereocenters. The molecular formula is C113H88Ir5N7-7. The van der Waals surface area contributed by atoms with Crippen molar-refractivity contribution in [2.45, 2.75) is 40.0 Å².